The van der Waals surface area contributed by atoms with Crippen LogP contribution in [-0.4, -0.2) is 46.6 Å². The van der Waals surface area contributed by atoms with E-state index in [-0.39, 0.29) is 30.5 Å². The van der Waals surface area contributed by atoms with Gasteiger partial charge in [0.15, 0.2) is 0 Å². The molecule has 4 rings (SSSR count). The van der Waals surface area contributed by atoms with Gasteiger partial charge in [-0.15, -0.1) is 5.10 Å². The fourth-order valence-electron chi connectivity index (χ4n) is 3.20. The number of likely N-dealkylation sites (N-methyl/N-ethyl adjacent to an activating group) is 1. The molecule has 9 heteroatoms. The van der Waals surface area contributed by atoms with Crippen molar-refractivity contribution in [3.8, 4) is 0 Å². The second-order valence-corrected chi connectivity index (χ2v) is 6.70. The number of fused-ring (bicyclic) bond motifs is 1. The normalized spacial score (nSPS) is 16.0. The van der Waals surface area contributed by atoms with Crippen molar-refractivity contribution in [2.75, 3.05) is 23.8 Å². The van der Waals surface area contributed by atoms with E-state index in [4.69, 9.17) is 0 Å². The fourth-order valence-corrected chi connectivity index (χ4v) is 3.20. The quantitative estimate of drug-likeness (QED) is 0.625. The Bertz CT molecular complexity index is 1070. The van der Waals surface area contributed by atoms with Crippen molar-refractivity contribution in [1.29, 1.82) is 0 Å². The summed E-state index contributed by atoms with van der Waals surface area (Å²) in [6.07, 6.45) is 0.176. The highest BCUT2D eigenvalue weighted by atomic mass is 19.1. The standard InChI is InChI=1S/C20H19FN6O2/c1-27-16-9-5-4-8-14(16)22-11-15(20(27)29)23-19(28)18-24-17(25-26-18)10-12-6-2-3-7-13(12)21/h2-9,15,22H,10-11H2,1H3,(H,23,28)(H,24,25,26). The van der Waals surface area contributed by atoms with Crippen molar-refractivity contribution in [3.05, 3.63) is 71.6 Å². The zero-order chi connectivity index (χ0) is 20.4. The minimum Gasteiger partial charge on any atom is -0.381 e. The van der Waals surface area contributed by atoms with Crippen molar-refractivity contribution in [2.24, 2.45) is 0 Å². The van der Waals surface area contributed by atoms with Crippen molar-refractivity contribution < 1.29 is 14.0 Å². The molecule has 2 aromatic carbocycles. The number of carbonyl (C=O) groups is 2. The van der Waals surface area contributed by atoms with E-state index in [1.54, 1.807) is 25.2 Å². The lowest BCUT2D eigenvalue weighted by molar-refractivity contribution is -0.119. The van der Waals surface area contributed by atoms with Crippen LogP contribution in [0.5, 0.6) is 0 Å². The Hall–Kier alpha value is -3.75. The Labute approximate surface area is 166 Å². The van der Waals surface area contributed by atoms with Gasteiger partial charge in [-0.2, -0.15) is 0 Å². The molecule has 0 radical (unpaired) electrons. The summed E-state index contributed by atoms with van der Waals surface area (Å²) >= 11 is 0. The van der Waals surface area contributed by atoms with E-state index in [1.807, 2.05) is 24.3 Å². The van der Waals surface area contributed by atoms with Crippen molar-refractivity contribution in [1.82, 2.24) is 20.5 Å². The first-order chi connectivity index (χ1) is 14.0. The highest BCUT2D eigenvalue weighted by Gasteiger charge is 2.30. The summed E-state index contributed by atoms with van der Waals surface area (Å²) < 4.78 is 13.8. The van der Waals surface area contributed by atoms with Gasteiger partial charge in [0.25, 0.3) is 11.8 Å². The number of para-hydroxylation sites is 2. The number of hydrogen-bond donors (Lipinski definition) is 3. The van der Waals surface area contributed by atoms with E-state index >= 15 is 0 Å². The van der Waals surface area contributed by atoms with Crippen molar-refractivity contribution >= 4 is 23.2 Å². The fraction of sp³-hybridized carbons (Fsp3) is 0.200. The third kappa shape index (κ3) is 3.79. The molecular formula is C20H19FN6O2. The Balaban J connectivity index is 1.45. The lowest BCUT2D eigenvalue weighted by atomic mass is 10.1. The number of rotatable bonds is 4. The van der Waals surface area contributed by atoms with Crippen LogP contribution in [0.3, 0.4) is 0 Å². The molecule has 1 atom stereocenters. The molecule has 0 aliphatic carbocycles. The number of aromatic nitrogens is 3. The average molecular weight is 394 g/mol. The molecule has 0 fully saturated rings. The van der Waals surface area contributed by atoms with Crippen molar-refractivity contribution in [2.45, 2.75) is 12.5 Å². The molecule has 3 N–H and O–H groups in total. The number of anilines is 2. The molecule has 2 amide bonds. The van der Waals surface area contributed by atoms with Crippen LogP contribution >= 0.6 is 0 Å². The molecular weight excluding hydrogens is 375 g/mol. The summed E-state index contributed by atoms with van der Waals surface area (Å²) in [6.45, 7) is 0.235. The first-order valence-corrected chi connectivity index (χ1v) is 9.09. The maximum absolute atomic E-state index is 13.8. The predicted molar refractivity (Wildman–Crippen MR) is 105 cm³/mol. The monoisotopic (exact) mass is 394 g/mol. The Morgan fingerprint density at radius 2 is 2.00 bits per heavy atom. The Morgan fingerprint density at radius 1 is 1.24 bits per heavy atom. The van der Waals surface area contributed by atoms with Gasteiger partial charge in [-0.1, -0.05) is 30.3 Å². The first kappa shape index (κ1) is 18.6. The summed E-state index contributed by atoms with van der Waals surface area (Å²) in [5.41, 5.74) is 1.99. The summed E-state index contributed by atoms with van der Waals surface area (Å²) in [6, 6.07) is 12.9. The molecule has 0 saturated carbocycles. The van der Waals surface area contributed by atoms with Gasteiger partial charge in [-0.25, -0.2) is 9.37 Å². The number of halogens is 1. The van der Waals surface area contributed by atoms with Crippen molar-refractivity contribution in [3.63, 3.8) is 0 Å². The largest absolute Gasteiger partial charge is 0.381 e. The van der Waals surface area contributed by atoms with Crippen LogP contribution < -0.4 is 15.5 Å². The lowest BCUT2D eigenvalue weighted by Crippen LogP contribution is -2.49. The van der Waals surface area contributed by atoms with Crippen LogP contribution in [0.1, 0.15) is 22.0 Å². The van der Waals surface area contributed by atoms with Crippen LogP contribution in [0.25, 0.3) is 0 Å². The van der Waals surface area contributed by atoms with E-state index in [0.29, 0.717) is 11.4 Å². The molecule has 0 bridgehead atoms. The highest BCUT2D eigenvalue weighted by Crippen LogP contribution is 2.27. The van der Waals surface area contributed by atoms with Gasteiger partial charge in [-0.3, -0.25) is 14.7 Å². The van der Waals surface area contributed by atoms with Crippen LogP contribution in [0.15, 0.2) is 48.5 Å². The van der Waals surface area contributed by atoms with Crippen LogP contribution in [-0.2, 0) is 11.2 Å². The molecule has 1 aliphatic rings. The Morgan fingerprint density at radius 3 is 2.83 bits per heavy atom. The topological polar surface area (TPSA) is 103 Å². The molecule has 1 aromatic heterocycles. The summed E-state index contributed by atoms with van der Waals surface area (Å²) in [5.74, 6) is -0.935. The molecule has 1 aliphatic heterocycles. The van der Waals surface area contributed by atoms with E-state index in [2.05, 4.69) is 25.8 Å². The molecule has 0 saturated heterocycles. The van der Waals surface area contributed by atoms with Gasteiger partial charge < -0.3 is 15.5 Å². The second kappa shape index (κ2) is 7.70. The third-order valence-corrected chi connectivity index (χ3v) is 4.75. The SMILES string of the molecule is CN1C(=O)C(NC(=O)c2n[nH]c(Cc3ccccc3F)n2)CNc2ccccc21. The summed E-state index contributed by atoms with van der Waals surface area (Å²) in [5, 5.41) is 12.4. The summed E-state index contributed by atoms with van der Waals surface area (Å²) in [4.78, 5) is 30.9. The van der Waals surface area contributed by atoms with Gasteiger partial charge in [0.1, 0.15) is 17.7 Å². The van der Waals surface area contributed by atoms with Gasteiger partial charge in [0, 0.05) is 20.0 Å². The molecule has 0 spiro atoms. The van der Waals surface area contributed by atoms with Gasteiger partial charge in [-0.05, 0) is 23.8 Å². The number of benzene rings is 2. The van der Waals surface area contributed by atoms with Gasteiger partial charge in [0.2, 0.25) is 5.82 Å². The predicted octanol–water partition coefficient (Wildman–Crippen LogP) is 1.72. The number of nitrogens with one attached hydrogen (secondary N) is 3. The number of aromatic amines is 1. The number of nitrogens with zero attached hydrogens (tertiary/aromatic N) is 3. The van der Waals surface area contributed by atoms with E-state index in [1.165, 1.54) is 11.0 Å². The van der Waals surface area contributed by atoms with E-state index in [9.17, 15) is 14.0 Å². The highest BCUT2D eigenvalue weighted by molar-refractivity contribution is 6.04. The second-order valence-electron chi connectivity index (χ2n) is 6.70. The van der Waals surface area contributed by atoms with Crippen LogP contribution in [0.2, 0.25) is 0 Å². The molecule has 8 nitrogen and oxygen atoms in total. The number of hydrogen-bond acceptors (Lipinski definition) is 5. The molecule has 2 heterocycles. The minimum absolute atomic E-state index is 0.103. The zero-order valence-corrected chi connectivity index (χ0v) is 15.6. The third-order valence-electron chi connectivity index (χ3n) is 4.75. The average Bonchev–Trinajstić information content (AvgIpc) is 3.16. The maximum atomic E-state index is 13.8. The van der Waals surface area contributed by atoms with E-state index < -0.39 is 11.9 Å². The smallest absolute Gasteiger partial charge is 0.291 e. The number of carbonyl (C=O) groups excluding carboxylic acids is 2. The number of H-pyrrole nitrogens is 1. The molecule has 148 valence electrons. The van der Waals surface area contributed by atoms with Gasteiger partial charge in [0.05, 0.1) is 11.4 Å². The minimum atomic E-state index is -0.784. The zero-order valence-electron chi connectivity index (χ0n) is 15.6. The first-order valence-electron chi connectivity index (χ1n) is 9.09. The van der Waals surface area contributed by atoms with Crippen LogP contribution in [0.4, 0.5) is 15.8 Å². The maximum Gasteiger partial charge on any atom is 0.291 e. The van der Waals surface area contributed by atoms with Crippen LogP contribution in [0, 0.1) is 5.82 Å². The summed E-state index contributed by atoms with van der Waals surface area (Å²) in [7, 11) is 1.66. The molecule has 3 aromatic rings. The lowest BCUT2D eigenvalue weighted by Gasteiger charge is -2.20. The van der Waals surface area contributed by atoms with E-state index in [0.717, 1.165) is 11.4 Å². The van der Waals surface area contributed by atoms with Gasteiger partial charge >= 0.3 is 0 Å². The Kier molecular flexibility index (Phi) is 4.94. The number of amides is 2. The molecule has 29 heavy (non-hydrogen) atoms. The molecule has 1 unspecified atom stereocenters.